The van der Waals surface area contributed by atoms with Gasteiger partial charge in [0.05, 0.1) is 0 Å². The van der Waals surface area contributed by atoms with Gasteiger partial charge in [-0.2, -0.15) is 0 Å². The number of nitrogens with zero attached hydrogens (tertiary/aromatic N) is 1. The van der Waals surface area contributed by atoms with Crippen molar-refractivity contribution < 1.29 is 4.21 Å². The minimum atomic E-state index is -0.673. The van der Waals surface area contributed by atoms with E-state index in [9.17, 15) is 4.21 Å². The SMILES string of the molecule is CCC1CNC(C)(CC)CN1CCS(C)=O. The Hall–Kier alpha value is 0.0700. The van der Waals surface area contributed by atoms with Gasteiger partial charge in [-0.25, -0.2) is 0 Å². The van der Waals surface area contributed by atoms with Crippen molar-refractivity contribution in [3.8, 4) is 0 Å². The predicted molar refractivity (Wildman–Crippen MR) is 71.3 cm³/mol. The van der Waals surface area contributed by atoms with Gasteiger partial charge in [-0.3, -0.25) is 9.11 Å². The molecule has 0 saturated carbocycles. The maximum Gasteiger partial charge on any atom is 0.0359 e. The molecule has 4 heteroatoms. The molecule has 16 heavy (non-hydrogen) atoms. The van der Waals surface area contributed by atoms with Crippen molar-refractivity contribution in [2.24, 2.45) is 0 Å². The second-order valence-corrected chi connectivity index (χ2v) is 6.66. The van der Waals surface area contributed by atoms with Gasteiger partial charge < -0.3 is 5.32 Å². The molecule has 0 aromatic heterocycles. The first-order valence-corrected chi connectivity index (χ1v) is 8.02. The van der Waals surface area contributed by atoms with Crippen molar-refractivity contribution in [3.63, 3.8) is 0 Å². The Balaban J connectivity index is 2.56. The maximum absolute atomic E-state index is 11.2. The number of rotatable bonds is 5. The first kappa shape index (κ1) is 14.1. The fourth-order valence-electron chi connectivity index (χ4n) is 2.27. The monoisotopic (exact) mass is 246 g/mol. The van der Waals surface area contributed by atoms with E-state index in [4.69, 9.17) is 0 Å². The van der Waals surface area contributed by atoms with E-state index in [-0.39, 0.29) is 5.54 Å². The normalized spacial score (nSPS) is 33.9. The summed E-state index contributed by atoms with van der Waals surface area (Å²) in [5, 5.41) is 3.65. The van der Waals surface area contributed by atoms with Gasteiger partial charge in [0.25, 0.3) is 0 Å². The zero-order valence-electron chi connectivity index (χ0n) is 11.1. The van der Waals surface area contributed by atoms with E-state index in [1.165, 1.54) is 6.42 Å². The third-order valence-corrected chi connectivity index (χ3v) is 4.51. The van der Waals surface area contributed by atoms with Gasteiger partial charge in [-0.05, 0) is 19.8 Å². The van der Waals surface area contributed by atoms with Gasteiger partial charge in [-0.1, -0.05) is 13.8 Å². The van der Waals surface area contributed by atoms with Crippen LogP contribution in [0.15, 0.2) is 0 Å². The van der Waals surface area contributed by atoms with E-state index in [0.29, 0.717) is 6.04 Å². The smallest absolute Gasteiger partial charge is 0.0359 e. The van der Waals surface area contributed by atoms with Gasteiger partial charge in [0.2, 0.25) is 0 Å². The van der Waals surface area contributed by atoms with E-state index in [1.54, 1.807) is 6.26 Å². The minimum absolute atomic E-state index is 0.237. The molecular weight excluding hydrogens is 220 g/mol. The average molecular weight is 246 g/mol. The highest BCUT2D eigenvalue weighted by Crippen LogP contribution is 2.19. The molecule has 1 rings (SSSR count). The van der Waals surface area contributed by atoms with Crippen molar-refractivity contribution in [3.05, 3.63) is 0 Å². The summed E-state index contributed by atoms with van der Waals surface area (Å²) in [6.07, 6.45) is 4.11. The van der Waals surface area contributed by atoms with Gasteiger partial charge in [0.1, 0.15) is 0 Å². The lowest BCUT2D eigenvalue weighted by atomic mass is 9.93. The summed E-state index contributed by atoms with van der Waals surface area (Å²) in [6, 6.07) is 0.614. The van der Waals surface area contributed by atoms with E-state index in [0.717, 1.165) is 31.8 Å². The van der Waals surface area contributed by atoms with Gasteiger partial charge in [-0.15, -0.1) is 0 Å². The second kappa shape index (κ2) is 6.12. The highest BCUT2D eigenvalue weighted by atomic mass is 32.2. The second-order valence-electron chi connectivity index (χ2n) is 5.10. The fraction of sp³-hybridized carbons (Fsp3) is 1.00. The van der Waals surface area contributed by atoms with Gasteiger partial charge in [0.15, 0.2) is 0 Å². The molecule has 1 N–H and O–H groups in total. The minimum Gasteiger partial charge on any atom is -0.309 e. The lowest BCUT2D eigenvalue weighted by Gasteiger charge is -2.46. The molecule has 0 aromatic carbocycles. The first-order valence-electron chi connectivity index (χ1n) is 6.30. The summed E-state index contributed by atoms with van der Waals surface area (Å²) in [5.74, 6) is 0.802. The highest BCUT2D eigenvalue weighted by molar-refractivity contribution is 7.84. The van der Waals surface area contributed by atoms with Gasteiger partial charge >= 0.3 is 0 Å². The third kappa shape index (κ3) is 3.82. The molecule has 0 aliphatic carbocycles. The molecule has 1 fully saturated rings. The van der Waals surface area contributed by atoms with Crippen molar-refractivity contribution in [2.45, 2.75) is 45.2 Å². The summed E-state index contributed by atoms with van der Waals surface area (Å²) in [4.78, 5) is 2.52. The van der Waals surface area contributed by atoms with Crippen LogP contribution in [0.25, 0.3) is 0 Å². The van der Waals surface area contributed by atoms with Crippen LogP contribution < -0.4 is 5.32 Å². The Morgan fingerprint density at radius 2 is 2.19 bits per heavy atom. The van der Waals surface area contributed by atoms with Crippen LogP contribution in [0.5, 0.6) is 0 Å². The molecule has 1 aliphatic rings. The zero-order chi connectivity index (χ0) is 12.2. The number of nitrogens with one attached hydrogen (secondary N) is 1. The number of hydrogen-bond acceptors (Lipinski definition) is 3. The van der Waals surface area contributed by atoms with E-state index < -0.39 is 10.8 Å². The Morgan fingerprint density at radius 3 is 2.69 bits per heavy atom. The molecule has 1 aliphatic heterocycles. The van der Waals surface area contributed by atoms with E-state index in [2.05, 4.69) is 31.0 Å². The molecule has 0 spiro atoms. The van der Waals surface area contributed by atoms with Crippen LogP contribution in [0, 0.1) is 0 Å². The molecule has 0 bridgehead atoms. The lowest BCUT2D eigenvalue weighted by Crippen LogP contribution is -2.62. The molecule has 1 saturated heterocycles. The maximum atomic E-state index is 11.2. The van der Waals surface area contributed by atoms with E-state index in [1.807, 2.05) is 0 Å². The van der Waals surface area contributed by atoms with Crippen LogP contribution in [0.1, 0.15) is 33.6 Å². The largest absolute Gasteiger partial charge is 0.309 e. The van der Waals surface area contributed by atoms with Gasteiger partial charge in [0, 0.05) is 54.0 Å². The zero-order valence-corrected chi connectivity index (χ0v) is 11.9. The molecule has 0 amide bonds. The van der Waals surface area contributed by atoms with Crippen molar-refractivity contribution in [2.75, 3.05) is 31.6 Å². The van der Waals surface area contributed by atoms with Crippen LogP contribution in [0.3, 0.4) is 0 Å². The first-order chi connectivity index (χ1) is 7.50. The molecule has 3 atom stereocenters. The lowest BCUT2D eigenvalue weighted by molar-refractivity contribution is 0.0882. The molecule has 0 aromatic rings. The van der Waals surface area contributed by atoms with Crippen LogP contribution in [-0.2, 0) is 10.8 Å². The molecule has 3 unspecified atom stereocenters. The van der Waals surface area contributed by atoms with Crippen molar-refractivity contribution in [1.29, 1.82) is 0 Å². The quantitative estimate of drug-likeness (QED) is 0.791. The summed E-state index contributed by atoms with van der Waals surface area (Å²) < 4.78 is 11.2. The summed E-state index contributed by atoms with van der Waals surface area (Å²) in [7, 11) is -0.673. The number of piperazine rings is 1. The molecule has 96 valence electrons. The average Bonchev–Trinajstić information content (AvgIpc) is 2.26. The predicted octanol–water partition coefficient (Wildman–Crippen LogP) is 1.22. The third-order valence-electron chi connectivity index (χ3n) is 3.75. The summed E-state index contributed by atoms with van der Waals surface area (Å²) in [5.41, 5.74) is 0.237. The molecular formula is C12H26N2OS. The summed E-state index contributed by atoms with van der Waals surface area (Å²) >= 11 is 0. The summed E-state index contributed by atoms with van der Waals surface area (Å²) in [6.45, 7) is 9.87. The topological polar surface area (TPSA) is 32.3 Å². The Morgan fingerprint density at radius 1 is 1.50 bits per heavy atom. The van der Waals surface area contributed by atoms with Crippen LogP contribution in [0.2, 0.25) is 0 Å². The highest BCUT2D eigenvalue weighted by Gasteiger charge is 2.33. The Bertz CT molecular complexity index is 247. The Kier molecular flexibility index (Phi) is 5.41. The molecule has 3 nitrogen and oxygen atoms in total. The molecule has 1 heterocycles. The fourth-order valence-corrected chi connectivity index (χ4v) is 2.76. The van der Waals surface area contributed by atoms with Crippen LogP contribution >= 0.6 is 0 Å². The van der Waals surface area contributed by atoms with Crippen LogP contribution in [0.4, 0.5) is 0 Å². The Labute approximate surface area is 102 Å². The van der Waals surface area contributed by atoms with E-state index >= 15 is 0 Å². The number of hydrogen-bond donors (Lipinski definition) is 1. The molecule has 0 radical (unpaired) electrons. The van der Waals surface area contributed by atoms with Crippen LogP contribution in [-0.4, -0.2) is 52.3 Å². The standard InChI is InChI=1S/C12H26N2OS/c1-5-11-9-13-12(3,6-2)10-14(11)7-8-16(4)15/h11,13H,5-10H2,1-4H3. The van der Waals surface area contributed by atoms with Crippen molar-refractivity contribution >= 4 is 10.8 Å². The van der Waals surface area contributed by atoms with Crippen molar-refractivity contribution in [1.82, 2.24) is 10.2 Å².